The molecule has 2 aromatic carbocycles. The van der Waals surface area contributed by atoms with Gasteiger partial charge in [0.2, 0.25) is 5.91 Å². The number of carbonyl (C=O) groups excluding carboxylic acids is 1. The van der Waals surface area contributed by atoms with Crippen LogP contribution in [0, 0.1) is 13.8 Å². The Morgan fingerprint density at radius 3 is 2.39 bits per heavy atom. The van der Waals surface area contributed by atoms with Gasteiger partial charge in [0.25, 0.3) is 15.6 Å². The summed E-state index contributed by atoms with van der Waals surface area (Å²) in [5.74, 6) is -0.378. The summed E-state index contributed by atoms with van der Waals surface area (Å²) in [5, 5.41) is 2.78. The highest BCUT2D eigenvalue weighted by Crippen LogP contribution is 2.15. The van der Waals surface area contributed by atoms with Gasteiger partial charge in [-0.1, -0.05) is 36.8 Å². The molecular formula is C23H25N3O4S. The van der Waals surface area contributed by atoms with E-state index in [0.29, 0.717) is 11.4 Å². The molecule has 3 rings (SSSR count). The highest BCUT2D eigenvalue weighted by molar-refractivity contribution is 7.92. The standard InChI is InChI=1S/C23H25N3O4S/c1-4-18-6-5-7-19(14-18)24-22(27)15-26-17(3)10-13-21(23(26)28)25-31(29,30)20-11-8-16(2)9-12-20/h5-14,25H,4,15H2,1-3H3,(H,24,27). The third-order valence-corrected chi connectivity index (χ3v) is 6.27. The fraction of sp³-hybridized carbons (Fsp3) is 0.217. The van der Waals surface area contributed by atoms with E-state index in [1.165, 1.54) is 22.8 Å². The fourth-order valence-electron chi connectivity index (χ4n) is 3.08. The minimum absolute atomic E-state index is 0.0539. The lowest BCUT2D eigenvalue weighted by atomic mass is 10.1. The predicted octanol–water partition coefficient (Wildman–Crippen LogP) is 3.47. The summed E-state index contributed by atoms with van der Waals surface area (Å²) >= 11 is 0. The molecule has 0 atom stereocenters. The minimum Gasteiger partial charge on any atom is -0.325 e. The molecule has 1 aromatic heterocycles. The number of amides is 1. The summed E-state index contributed by atoms with van der Waals surface area (Å²) in [6, 6.07) is 16.8. The Balaban J connectivity index is 1.82. The van der Waals surface area contributed by atoms with E-state index in [1.54, 1.807) is 31.2 Å². The number of benzene rings is 2. The lowest BCUT2D eigenvalue weighted by Crippen LogP contribution is -2.31. The first-order chi connectivity index (χ1) is 14.7. The van der Waals surface area contributed by atoms with Crippen LogP contribution in [0.5, 0.6) is 0 Å². The van der Waals surface area contributed by atoms with Crippen molar-refractivity contribution in [3.63, 3.8) is 0 Å². The van der Waals surface area contributed by atoms with Gasteiger partial charge in [-0.05, 0) is 62.2 Å². The molecule has 8 heteroatoms. The van der Waals surface area contributed by atoms with Gasteiger partial charge in [-0.2, -0.15) is 0 Å². The Morgan fingerprint density at radius 1 is 1.00 bits per heavy atom. The van der Waals surface area contributed by atoms with Crippen LogP contribution in [-0.2, 0) is 27.8 Å². The normalized spacial score (nSPS) is 11.2. The number of pyridine rings is 1. The molecule has 0 unspecified atom stereocenters. The molecule has 162 valence electrons. The summed E-state index contributed by atoms with van der Waals surface area (Å²) in [5.41, 5.74) is 2.48. The Labute approximate surface area is 181 Å². The molecule has 31 heavy (non-hydrogen) atoms. The molecule has 2 N–H and O–H groups in total. The van der Waals surface area contributed by atoms with Crippen molar-refractivity contribution in [2.75, 3.05) is 10.0 Å². The van der Waals surface area contributed by atoms with Crippen molar-refractivity contribution in [2.45, 2.75) is 38.6 Å². The van der Waals surface area contributed by atoms with E-state index in [4.69, 9.17) is 0 Å². The van der Waals surface area contributed by atoms with Crippen LogP contribution in [0.1, 0.15) is 23.7 Å². The SMILES string of the molecule is CCc1cccc(NC(=O)Cn2c(C)ccc(NS(=O)(=O)c3ccc(C)cc3)c2=O)c1. The number of aryl methyl sites for hydroxylation is 3. The molecule has 7 nitrogen and oxygen atoms in total. The van der Waals surface area contributed by atoms with Gasteiger partial charge in [0.05, 0.1) is 4.90 Å². The van der Waals surface area contributed by atoms with E-state index in [1.807, 2.05) is 32.0 Å². The van der Waals surface area contributed by atoms with Crippen LogP contribution in [0.2, 0.25) is 0 Å². The van der Waals surface area contributed by atoms with E-state index in [-0.39, 0.29) is 23.0 Å². The molecule has 0 saturated carbocycles. The van der Waals surface area contributed by atoms with Crippen molar-refractivity contribution in [3.05, 3.63) is 87.8 Å². The van der Waals surface area contributed by atoms with Crippen LogP contribution in [0.15, 0.2) is 70.4 Å². The lowest BCUT2D eigenvalue weighted by Gasteiger charge is -2.14. The largest absolute Gasteiger partial charge is 0.325 e. The van der Waals surface area contributed by atoms with Crippen molar-refractivity contribution < 1.29 is 13.2 Å². The highest BCUT2D eigenvalue weighted by Gasteiger charge is 2.18. The van der Waals surface area contributed by atoms with Crippen LogP contribution >= 0.6 is 0 Å². The summed E-state index contributed by atoms with van der Waals surface area (Å²) < 4.78 is 28.9. The third kappa shape index (κ3) is 5.40. The average molecular weight is 440 g/mol. The maximum absolute atomic E-state index is 12.9. The van der Waals surface area contributed by atoms with Crippen molar-refractivity contribution in [3.8, 4) is 0 Å². The first kappa shape index (κ1) is 22.3. The maximum Gasteiger partial charge on any atom is 0.275 e. The van der Waals surface area contributed by atoms with Crippen LogP contribution in [0.25, 0.3) is 0 Å². The van der Waals surface area contributed by atoms with Gasteiger partial charge in [-0.25, -0.2) is 8.42 Å². The number of aromatic nitrogens is 1. The maximum atomic E-state index is 12.9. The summed E-state index contributed by atoms with van der Waals surface area (Å²) in [7, 11) is -3.93. The van der Waals surface area contributed by atoms with Gasteiger partial charge in [-0.3, -0.25) is 14.3 Å². The van der Waals surface area contributed by atoms with Gasteiger partial charge in [0, 0.05) is 11.4 Å². The summed E-state index contributed by atoms with van der Waals surface area (Å²) in [4.78, 5) is 25.5. The minimum atomic E-state index is -3.93. The Bertz CT molecular complexity index is 1260. The van der Waals surface area contributed by atoms with Gasteiger partial charge < -0.3 is 9.88 Å². The van der Waals surface area contributed by atoms with Crippen molar-refractivity contribution in [1.29, 1.82) is 0 Å². The first-order valence-corrected chi connectivity index (χ1v) is 11.4. The van der Waals surface area contributed by atoms with Crippen molar-refractivity contribution in [1.82, 2.24) is 4.57 Å². The molecule has 0 aliphatic rings. The Hall–Kier alpha value is -3.39. The molecular weight excluding hydrogens is 414 g/mol. The lowest BCUT2D eigenvalue weighted by molar-refractivity contribution is -0.116. The zero-order valence-corrected chi connectivity index (χ0v) is 18.5. The summed E-state index contributed by atoms with van der Waals surface area (Å²) in [6.45, 7) is 5.32. The third-order valence-electron chi connectivity index (χ3n) is 4.89. The zero-order chi connectivity index (χ0) is 22.6. The second-order valence-electron chi connectivity index (χ2n) is 7.30. The van der Waals surface area contributed by atoms with E-state index in [9.17, 15) is 18.0 Å². The van der Waals surface area contributed by atoms with Gasteiger partial charge >= 0.3 is 0 Å². The Kier molecular flexibility index (Phi) is 6.60. The molecule has 0 bridgehead atoms. The van der Waals surface area contributed by atoms with Crippen molar-refractivity contribution >= 4 is 27.3 Å². The molecule has 0 spiro atoms. The monoisotopic (exact) mass is 439 g/mol. The molecule has 0 aliphatic carbocycles. The number of anilines is 2. The predicted molar refractivity (Wildman–Crippen MR) is 122 cm³/mol. The molecule has 0 radical (unpaired) electrons. The number of hydrogen-bond donors (Lipinski definition) is 2. The van der Waals surface area contributed by atoms with Gasteiger partial charge in [0.15, 0.2) is 0 Å². The quantitative estimate of drug-likeness (QED) is 0.589. The molecule has 1 amide bonds. The van der Waals surface area contributed by atoms with Crippen LogP contribution in [0.4, 0.5) is 11.4 Å². The molecule has 1 heterocycles. The first-order valence-electron chi connectivity index (χ1n) is 9.88. The van der Waals surface area contributed by atoms with Crippen LogP contribution in [-0.4, -0.2) is 18.9 Å². The van der Waals surface area contributed by atoms with Crippen LogP contribution < -0.4 is 15.6 Å². The van der Waals surface area contributed by atoms with E-state index in [2.05, 4.69) is 10.0 Å². The number of carbonyl (C=O) groups is 1. The van der Waals surface area contributed by atoms with E-state index in [0.717, 1.165) is 17.5 Å². The smallest absolute Gasteiger partial charge is 0.275 e. The zero-order valence-electron chi connectivity index (χ0n) is 17.7. The van der Waals surface area contributed by atoms with Gasteiger partial charge in [0.1, 0.15) is 12.2 Å². The molecule has 0 saturated heterocycles. The van der Waals surface area contributed by atoms with E-state index < -0.39 is 15.6 Å². The number of hydrogen-bond acceptors (Lipinski definition) is 4. The average Bonchev–Trinajstić information content (AvgIpc) is 2.73. The van der Waals surface area contributed by atoms with Crippen molar-refractivity contribution in [2.24, 2.45) is 0 Å². The molecule has 0 aliphatic heterocycles. The molecule has 3 aromatic rings. The number of nitrogens with zero attached hydrogens (tertiary/aromatic N) is 1. The molecule has 0 fully saturated rings. The second-order valence-corrected chi connectivity index (χ2v) is 8.98. The fourth-order valence-corrected chi connectivity index (χ4v) is 4.14. The second kappa shape index (κ2) is 9.18. The number of nitrogens with one attached hydrogen (secondary N) is 2. The topological polar surface area (TPSA) is 97.3 Å². The summed E-state index contributed by atoms with van der Waals surface area (Å²) in [6.07, 6.45) is 0.839. The number of sulfonamides is 1. The van der Waals surface area contributed by atoms with E-state index >= 15 is 0 Å². The number of rotatable bonds is 7. The van der Waals surface area contributed by atoms with Gasteiger partial charge in [-0.15, -0.1) is 0 Å². The van der Waals surface area contributed by atoms with Crippen LogP contribution in [0.3, 0.4) is 0 Å². The Morgan fingerprint density at radius 2 is 1.71 bits per heavy atom. The highest BCUT2D eigenvalue weighted by atomic mass is 32.2.